The summed E-state index contributed by atoms with van der Waals surface area (Å²) in [5.74, 6) is -1.04. The topological polar surface area (TPSA) is 80.4 Å². The largest absolute Gasteiger partial charge is 0.481 e. The smallest absolute Gasteiger partial charge is 0.314 e. The van der Waals surface area contributed by atoms with Gasteiger partial charge in [0.1, 0.15) is 5.92 Å². The van der Waals surface area contributed by atoms with E-state index in [-0.39, 0.29) is 5.82 Å². The Balaban J connectivity index is 2.51. The molecule has 1 atom stereocenters. The highest BCUT2D eigenvalue weighted by atomic mass is 79.9. The van der Waals surface area contributed by atoms with Gasteiger partial charge in [0.05, 0.1) is 4.47 Å². The number of carboxylic acids is 1. The van der Waals surface area contributed by atoms with Crippen LogP contribution in [0.2, 0.25) is 0 Å². The van der Waals surface area contributed by atoms with Gasteiger partial charge in [-0.15, -0.1) is 5.10 Å². The molecule has 1 N–H and O–H groups in total. The van der Waals surface area contributed by atoms with Gasteiger partial charge in [-0.05, 0) is 22.9 Å². The summed E-state index contributed by atoms with van der Waals surface area (Å²) in [6, 6.07) is 0. The molecule has 1 unspecified atom stereocenters. The van der Waals surface area contributed by atoms with Gasteiger partial charge >= 0.3 is 5.97 Å². The van der Waals surface area contributed by atoms with Crippen LogP contribution >= 0.6 is 15.9 Å². The predicted molar refractivity (Wildman–Crippen MR) is 54.5 cm³/mol. The van der Waals surface area contributed by atoms with Gasteiger partial charge in [-0.1, -0.05) is 0 Å². The number of aliphatic carboxylic acids is 1. The zero-order valence-corrected chi connectivity index (χ0v) is 9.34. The number of aromatic nitrogens is 4. The van der Waals surface area contributed by atoms with E-state index in [1.54, 1.807) is 12.4 Å². The van der Waals surface area contributed by atoms with Crippen molar-refractivity contribution in [2.75, 3.05) is 0 Å². The second-order valence-electron chi connectivity index (χ2n) is 3.05. The highest BCUT2D eigenvalue weighted by molar-refractivity contribution is 9.10. The Morgan fingerprint density at radius 2 is 2.40 bits per heavy atom. The van der Waals surface area contributed by atoms with E-state index < -0.39 is 11.9 Å². The lowest BCUT2D eigenvalue weighted by Gasteiger charge is -1.97. The summed E-state index contributed by atoms with van der Waals surface area (Å²) in [7, 11) is 0. The van der Waals surface area contributed by atoms with Gasteiger partial charge < -0.3 is 5.11 Å². The Kier molecular flexibility index (Phi) is 2.39. The fourth-order valence-corrected chi connectivity index (χ4v) is 1.37. The molecule has 0 spiro atoms. The maximum Gasteiger partial charge on any atom is 0.314 e. The van der Waals surface area contributed by atoms with Crippen LogP contribution in [0, 0.1) is 0 Å². The Morgan fingerprint density at radius 1 is 1.67 bits per heavy atom. The quantitative estimate of drug-likeness (QED) is 0.883. The number of nitrogens with zero attached hydrogens (tertiary/aromatic N) is 4. The van der Waals surface area contributed by atoms with Crippen molar-refractivity contribution in [1.82, 2.24) is 19.6 Å². The first kappa shape index (κ1) is 10.0. The molecule has 0 aliphatic rings. The molecule has 0 fully saturated rings. The summed E-state index contributed by atoms with van der Waals surface area (Å²) >= 11 is 3.24. The van der Waals surface area contributed by atoms with Crippen LogP contribution in [-0.2, 0) is 4.79 Å². The second-order valence-corrected chi connectivity index (χ2v) is 3.96. The maximum atomic E-state index is 10.7. The summed E-state index contributed by atoms with van der Waals surface area (Å²) < 4.78 is 2.20. The normalized spacial score (nSPS) is 12.9. The number of fused-ring (bicyclic) bond motifs is 1. The van der Waals surface area contributed by atoms with Crippen molar-refractivity contribution in [3.05, 3.63) is 22.7 Å². The molecular formula is C8H7BrN4O2. The number of carboxylic acid groups (broad SMARTS) is 1. The maximum absolute atomic E-state index is 10.7. The Bertz CT molecular complexity index is 524. The number of hydrogen-bond donors (Lipinski definition) is 1. The number of halogens is 1. The number of carbonyl (C=O) groups is 1. The summed E-state index contributed by atoms with van der Waals surface area (Å²) in [5, 5.41) is 12.8. The molecular weight excluding hydrogens is 264 g/mol. The molecule has 0 radical (unpaired) electrons. The van der Waals surface area contributed by atoms with Gasteiger partial charge in [0, 0.05) is 12.4 Å². The number of rotatable bonds is 2. The molecule has 2 aromatic heterocycles. The first-order valence-corrected chi connectivity index (χ1v) is 4.98. The van der Waals surface area contributed by atoms with Gasteiger partial charge in [0.2, 0.25) is 0 Å². The zero-order valence-electron chi connectivity index (χ0n) is 7.75. The minimum Gasteiger partial charge on any atom is -0.481 e. The zero-order chi connectivity index (χ0) is 11.0. The van der Waals surface area contributed by atoms with Gasteiger partial charge in [-0.3, -0.25) is 4.79 Å². The van der Waals surface area contributed by atoms with Gasteiger partial charge in [-0.2, -0.15) is 4.98 Å². The first-order valence-electron chi connectivity index (χ1n) is 4.18. The monoisotopic (exact) mass is 270 g/mol. The van der Waals surface area contributed by atoms with Crippen molar-refractivity contribution in [1.29, 1.82) is 0 Å². The Morgan fingerprint density at radius 3 is 3.07 bits per heavy atom. The standard InChI is InChI=1S/C8H7BrN4O2/c1-4(7(14)15)6-11-8-10-2-5(9)3-13(8)12-6/h2-4H,1H3,(H,14,15). The van der Waals surface area contributed by atoms with E-state index in [1.165, 1.54) is 11.4 Å². The molecule has 2 aromatic rings. The molecule has 0 aliphatic carbocycles. The van der Waals surface area contributed by atoms with Crippen molar-refractivity contribution in [3.8, 4) is 0 Å². The highest BCUT2D eigenvalue weighted by Gasteiger charge is 2.19. The van der Waals surface area contributed by atoms with E-state index in [4.69, 9.17) is 5.11 Å². The molecule has 6 nitrogen and oxygen atoms in total. The molecule has 7 heteroatoms. The van der Waals surface area contributed by atoms with Crippen molar-refractivity contribution in [2.45, 2.75) is 12.8 Å². The SMILES string of the molecule is CC(C(=O)O)c1nc2ncc(Br)cn2n1. The van der Waals surface area contributed by atoms with Crippen LogP contribution < -0.4 is 0 Å². The number of hydrogen-bond acceptors (Lipinski definition) is 4. The average Bonchev–Trinajstić information content (AvgIpc) is 2.58. The van der Waals surface area contributed by atoms with E-state index in [0.717, 1.165) is 4.47 Å². The van der Waals surface area contributed by atoms with Gasteiger partial charge in [0.25, 0.3) is 5.78 Å². The van der Waals surface area contributed by atoms with Crippen LogP contribution in [0.4, 0.5) is 0 Å². The lowest BCUT2D eigenvalue weighted by atomic mass is 10.2. The molecule has 78 valence electrons. The highest BCUT2D eigenvalue weighted by Crippen LogP contribution is 2.13. The van der Waals surface area contributed by atoms with Gasteiger partial charge in [0.15, 0.2) is 5.82 Å². The molecule has 0 bridgehead atoms. The second kappa shape index (κ2) is 3.58. The fraction of sp³-hybridized carbons (Fsp3) is 0.250. The summed E-state index contributed by atoms with van der Waals surface area (Å²) in [4.78, 5) is 18.7. The predicted octanol–water partition coefficient (Wildman–Crippen LogP) is 1.07. The Labute approximate surface area is 93.1 Å². The Hall–Kier alpha value is -1.50. The van der Waals surface area contributed by atoms with Crippen LogP contribution in [0.15, 0.2) is 16.9 Å². The van der Waals surface area contributed by atoms with Crippen LogP contribution in [0.25, 0.3) is 5.78 Å². The van der Waals surface area contributed by atoms with Crippen molar-refractivity contribution in [2.24, 2.45) is 0 Å². The molecule has 2 heterocycles. The molecule has 0 saturated carbocycles. The van der Waals surface area contributed by atoms with Gasteiger partial charge in [-0.25, -0.2) is 9.50 Å². The molecule has 0 saturated heterocycles. The van der Waals surface area contributed by atoms with Crippen LogP contribution in [-0.4, -0.2) is 30.7 Å². The summed E-state index contributed by atoms with van der Waals surface area (Å²) in [6.45, 7) is 1.53. The lowest BCUT2D eigenvalue weighted by Crippen LogP contribution is -2.09. The third kappa shape index (κ3) is 1.82. The van der Waals surface area contributed by atoms with Crippen LogP contribution in [0.1, 0.15) is 18.7 Å². The first-order chi connectivity index (χ1) is 7.08. The molecule has 2 rings (SSSR count). The summed E-state index contributed by atoms with van der Waals surface area (Å²) in [6.07, 6.45) is 3.26. The minimum atomic E-state index is -0.954. The van der Waals surface area contributed by atoms with E-state index >= 15 is 0 Å². The van der Waals surface area contributed by atoms with Crippen LogP contribution in [0.3, 0.4) is 0 Å². The summed E-state index contributed by atoms with van der Waals surface area (Å²) in [5.41, 5.74) is 0. The average molecular weight is 271 g/mol. The third-order valence-electron chi connectivity index (χ3n) is 1.94. The molecule has 15 heavy (non-hydrogen) atoms. The molecule has 0 aromatic carbocycles. The van der Waals surface area contributed by atoms with E-state index in [2.05, 4.69) is 31.0 Å². The van der Waals surface area contributed by atoms with Crippen LogP contribution in [0.5, 0.6) is 0 Å². The molecule has 0 aliphatic heterocycles. The van der Waals surface area contributed by atoms with Crippen molar-refractivity contribution < 1.29 is 9.90 Å². The third-order valence-corrected chi connectivity index (χ3v) is 2.35. The fourth-order valence-electron chi connectivity index (χ4n) is 1.07. The van der Waals surface area contributed by atoms with Crippen molar-refractivity contribution in [3.63, 3.8) is 0 Å². The lowest BCUT2D eigenvalue weighted by molar-refractivity contribution is -0.138. The van der Waals surface area contributed by atoms with E-state index in [9.17, 15) is 4.79 Å². The molecule has 0 amide bonds. The van der Waals surface area contributed by atoms with E-state index in [1.807, 2.05) is 0 Å². The minimum absolute atomic E-state index is 0.258. The van der Waals surface area contributed by atoms with E-state index in [0.29, 0.717) is 5.78 Å². The van der Waals surface area contributed by atoms with Crippen molar-refractivity contribution >= 4 is 27.7 Å².